The molecular formula is C12H25NO4S. The molecule has 0 aromatic heterocycles. The van der Waals surface area contributed by atoms with E-state index in [0.29, 0.717) is 25.4 Å². The summed E-state index contributed by atoms with van der Waals surface area (Å²) in [4.78, 5) is 0. The summed E-state index contributed by atoms with van der Waals surface area (Å²) < 4.78 is 31.6. The zero-order valence-electron chi connectivity index (χ0n) is 11.3. The van der Waals surface area contributed by atoms with Gasteiger partial charge in [0.1, 0.15) is 0 Å². The van der Waals surface area contributed by atoms with Crippen LogP contribution in [0.15, 0.2) is 0 Å². The van der Waals surface area contributed by atoms with Crippen LogP contribution in [0.25, 0.3) is 0 Å². The Balaban J connectivity index is 2.61. The Labute approximate surface area is 110 Å². The van der Waals surface area contributed by atoms with Crippen molar-refractivity contribution in [1.82, 2.24) is 4.72 Å². The van der Waals surface area contributed by atoms with Gasteiger partial charge in [-0.3, -0.25) is 0 Å². The first-order chi connectivity index (χ1) is 8.43. The highest BCUT2D eigenvalue weighted by atomic mass is 32.2. The van der Waals surface area contributed by atoms with Crippen molar-refractivity contribution < 1.29 is 18.3 Å². The quantitative estimate of drug-likeness (QED) is 0.678. The lowest BCUT2D eigenvalue weighted by Gasteiger charge is -2.39. The normalized spacial score (nSPS) is 29.4. The molecule has 0 radical (unpaired) electrons. The van der Waals surface area contributed by atoms with Crippen LogP contribution in [0.2, 0.25) is 0 Å². The van der Waals surface area contributed by atoms with E-state index in [1.54, 1.807) is 0 Å². The van der Waals surface area contributed by atoms with Gasteiger partial charge in [0.15, 0.2) is 0 Å². The van der Waals surface area contributed by atoms with E-state index in [-0.39, 0.29) is 19.0 Å². The number of rotatable bonds is 7. The predicted octanol–water partition coefficient (Wildman–Crippen LogP) is 0.883. The van der Waals surface area contributed by atoms with E-state index in [2.05, 4.69) is 11.6 Å². The molecule has 108 valence electrons. The third-order valence-electron chi connectivity index (χ3n) is 3.47. The first-order valence-electron chi connectivity index (χ1n) is 6.63. The standard InChI is InChI=1S/C12H25NO4S/c1-3-17-7-8-18(15,16)13-12(10-14)6-4-5-11(2)9-12/h11,13-14H,3-10H2,1-2H3. The first kappa shape index (κ1) is 15.9. The number of nitrogens with one attached hydrogen (secondary N) is 1. The maximum Gasteiger partial charge on any atom is 0.214 e. The fourth-order valence-electron chi connectivity index (χ4n) is 2.62. The van der Waals surface area contributed by atoms with Gasteiger partial charge in [0.2, 0.25) is 10.0 Å². The summed E-state index contributed by atoms with van der Waals surface area (Å²) >= 11 is 0. The largest absolute Gasteiger partial charge is 0.394 e. The van der Waals surface area contributed by atoms with Gasteiger partial charge in [-0.05, 0) is 25.7 Å². The third-order valence-corrected chi connectivity index (χ3v) is 4.91. The topological polar surface area (TPSA) is 75.6 Å². The average Bonchev–Trinajstić information content (AvgIpc) is 2.28. The monoisotopic (exact) mass is 279 g/mol. The predicted molar refractivity (Wildman–Crippen MR) is 70.9 cm³/mol. The van der Waals surface area contributed by atoms with Crippen LogP contribution < -0.4 is 4.72 Å². The highest BCUT2D eigenvalue weighted by Crippen LogP contribution is 2.32. The summed E-state index contributed by atoms with van der Waals surface area (Å²) in [5.41, 5.74) is -0.664. The van der Waals surface area contributed by atoms with Crippen molar-refractivity contribution in [1.29, 1.82) is 0 Å². The summed E-state index contributed by atoms with van der Waals surface area (Å²) in [5.74, 6) is 0.400. The molecule has 6 heteroatoms. The molecule has 1 rings (SSSR count). The Morgan fingerprint density at radius 2 is 2.22 bits per heavy atom. The molecule has 0 aromatic carbocycles. The molecular weight excluding hydrogens is 254 g/mol. The molecule has 0 spiro atoms. The van der Waals surface area contributed by atoms with Gasteiger partial charge in [0, 0.05) is 6.61 Å². The highest BCUT2D eigenvalue weighted by Gasteiger charge is 2.37. The Morgan fingerprint density at radius 1 is 1.50 bits per heavy atom. The number of aliphatic hydroxyl groups is 1. The number of ether oxygens (including phenoxy) is 1. The molecule has 1 aliphatic rings. The van der Waals surface area contributed by atoms with Crippen molar-refractivity contribution >= 4 is 10.0 Å². The molecule has 5 nitrogen and oxygen atoms in total. The van der Waals surface area contributed by atoms with Gasteiger partial charge in [0.05, 0.1) is 24.5 Å². The SMILES string of the molecule is CCOCCS(=O)(=O)NC1(CO)CCCC(C)C1. The summed E-state index contributed by atoms with van der Waals surface area (Å²) in [5, 5.41) is 9.54. The van der Waals surface area contributed by atoms with Gasteiger partial charge in [-0.25, -0.2) is 13.1 Å². The molecule has 0 bridgehead atoms. The summed E-state index contributed by atoms with van der Waals surface area (Å²) in [6, 6.07) is 0. The first-order valence-corrected chi connectivity index (χ1v) is 8.28. The molecule has 0 amide bonds. The van der Waals surface area contributed by atoms with Gasteiger partial charge in [-0.1, -0.05) is 19.8 Å². The van der Waals surface area contributed by atoms with Crippen LogP contribution in [0.1, 0.15) is 39.5 Å². The van der Waals surface area contributed by atoms with Crippen molar-refractivity contribution in [2.24, 2.45) is 5.92 Å². The van der Waals surface area contributed by atoms with Crippen LogP contribution in [0.4, 0.5) is 0 Å². The molecule has 2 N–H and O–H groups in total. The Morgan fingerprint density at radius 3 is 2.78 bits per heavy atom. The molecule has 1 fully saturated rings. The average molecular weight is 279 g/mol. The lowest BCUT2D eigenvalue weighted by Crippen LogP contribution is -2.54. The minimum atomic E-state index is -3.38. The lowest BCUT2D eigenvalue weighted by molar-refractivity contribution is 0.119. The molecule has 1 saturated carbocycles. The van der Waals surface area contributed by atoms with Gasteiger partial charge in [-0.15, -0.1) is 0 Å². The smallest absolute Gasteiger partial charge is 0.214 e. The van der Waals surface area contributed by atoms with E-state index in [9.17, 15) is 13.5 Å². The molecule has 2 unspecified atom stereocenters. The van der Waals surface area contributed by atoms with Crippen LogP contribution in [0.3, 0.4) is 0 Å². The zero-order valence-corrected chi connectivity index (χ0v) is 12.1. The van der Waals surface area contributed by atoms with Gasteiger partial charge < -0.3 is 9.84 Å². The van der Waals surface area contributed by atoms with E-state index >= 15 is 0 Å². The van der Waals surface area contributed by atoms with Gasteiger partial charge in [0.25, 0.3) is 0 Å². The van der Waals surface area contributed by atoms with E-state index < -0.39 is 15.6 Å². The van der Waals surface area contributed by atoms with Crippen molar-refractivity contribution in [2.45, 2.75) is 45.1 Å². The summed E-state index contributed by atoms with van der Waals surface area (Å²) in [6.45, 7) is 4.50. The van der Waals surface area contributed by atoms with Crippen LogP contribution in [-0.2, 0) is 14.8 Å². The van der Waals surface area contributed by atoms with E-state index in [4.69, 9.17) is 4.74 Å². The second kappa shape index (κ2) is 6.84. The van der Waals surface area contributed by atoms with Crippen molar-refractivity contribution in [3.63, 3.8) is 0 Å². The van der Waals surface area contributed by atoms with Crippen molar-refractivity contribution in [2.75, 3.05) is 25.6 Å². The maximum absolute atomic E-state index is 11.9. The van der Waals surface area contributed by atoms with E-state index in [1.807, 2.05) is 6.92 Å². The Kier molecular flexibility index (Phi) is 6.04. The number of hydrogen-bond acceptors (Lipinski definition) is 4. The third kappa shape index (κ3) is 4.84. The molecule has 0 aromatic rings. The molecule has 2 atom stereocenters. The molecule has 0 heterocycles. The lowest BCUT2D eigenvalue weighted by atomic mass is 9.78. The van der Waals surface area contributed by atoms with Crippen LogP contribution in [-0.4, -0.2) is 44.6 Å². The van der Waals surface area contributed by atoms with Gasteiger partial charge in [-0.2, -0.15) is 0 Å². The fourth-order valence-corrected chi connectivity index (χ4v) is 3.97. The number of hydrogen-bond donors (Lipinski definition) is 2. The summed E-state index contributed by atoms with van der Waals surface area (Å²) in [6.07, 6.45) is 3.47. The second-order valence-corrected chi connectivity index (χ2v) is 7.10. The zero-order chi connectivity index (χ0) is 13.6. The van der Waals surface area contributed by atoms with Crippen LogP contribution in [0.5, 0.6) is 0 Å². The Bertz CT molecular complexity index is 344. The Hall–Kier alpha value is -0.170. The summed E-state index contributed by atoms with van der Waals surface area (Å²) in [7, 11) is -3.38. The maximum atomic E-state index is 11.9. The van der Waals surface area contributed by atoms with Crippen molar-refractivity contribution in [3.8, 4) is 0 Å². The minimum absolute atomic E-state index is 0.0447. The molecule has 1 aliphatic carbocycles. The second-order valence-electron chi connectivity index (χ2n) is 5.26. The number of aliphatic hydroxyl groups excluding tert-OH is 1. The molecule has 0 aliphatic heterocycles. The highest BCUT2D eigenvalue weighted by molar-refractivity contribution is 7.89. The van der Waals surface area contributed by atoms with Crippen molar-refractivity contribution in [3.05, 3.63) is 0 Å². The van der Waals surface area contributed by atoms with Crippen LogP contribution in [0, 0.1) is 5.92 Å². The van der Waals surface area contributed by atoms with E-state index in [0.717, 1.165) is 12.8 Å². The molecule has 18 heavy (non-hydrogen) atoms. The van der Waals surface area contributed by atoms with Crippen LogP contribution >= 0.6 is 0 Å². The molecule has 0 saturated heterocycles. The van der Waals surface area contributed by atoms with E-state index in [1.165, 1.54) is 0 Å². The fraction of sp³-hybridized carbons (Fsp3) is 1.00. The minimum Gasteiger partial charge on any atom is -0.394 e. The van der Waals surface area contributed by atoms with Gasteiger partial charge >= 0.3 is 0 Å². The number of sulfonamides is 1.